The van der Waals surface area contributed by atoms with Crippen LogP contribution in [-0.2, 0) is 14.3 Å². The van der Waals surface area contributed by atoms with E-state index in [0.29, 0.717) is 18.4 Å². The molecule has 0 fully saturated rings. The molecule has 1 amide bonds. The molecular weight excluding hydrogens is 226 g/mol. The van der Waals surface area contributed by atoms with Gasteiger partial charge in [-0.05, 0) is 6.92 Å². The van der Waals surface area contributed by atoms with Gasteiger partial charge in [0.25, 0.3) is 0 Å². The fourth-order valence-corrected chi connectivity index (χ4v) is 0.917. The van der Waals surface area contributed by atoms with Gasteiger partial charge in [0.05, 0.1) is 6.61 Å². The summed E-state index contributed by atoms with van der Waals surface area (Å²) < 4.78 is 4.61. The van der Waals surface area contributed by atoms with Crippen LogP contribution in [0.1, 0.15) is 13.3 Å². The van der Waals surface area contributed by atoms with Gasteiger partial charge in [0, 0.05) is 11.8 Å². The van der Waals surface area contributed by atoms with Gasteiger partial charge in [0.2, 0.25) is 5.91 Å². The second-order valence-corrected chi connectivity index (χ2v) is 2.81. The molecule has 0 saturated heterocycles. The molecule has 0 spiro atoms. The van der Waals surface area contributed by atoms with Gasteiger partial charge >= 0.3 is 5.97 Å². The first kappa shape index (κ1) is 11.4. The van der Waals surface area contributed by atoms with E-state index in [1.807, 2.05) is 0 Å². The van der Waals surface area contributed by atoms with Crippen LogP contribution in [0.25, 0.3) is 0 Å². The van der Waals surface area contributed by atoms with Crippen molar-refractivity contribution in [3.8, 4) is 0 Å². The number of alkyl halides is 1. The van der Waals surface area contributed by atoms with Crippen molar-refractivity contribution in [2.75, 3.05) is 18.5 Å². The molecule has 0 atom stereocenters. The summed E-state index contributed by atoms with van der Waals surface area (Å²) in [6.07, 6.45) is 0.374. The number of halogens is 1. The highest BCUT2D eigenvalue weighted by Gasteiger charge is 2.03. The molecule has 12 heavy (non-hydrogen) atoms. The number of esters is 1. The highest BCUT2D eigenvalue weighted by Crippen LogP contribution is 1.86. The average molecular weight is 238 g/mol. The molecule has 0 aromatic carbocycles. The van der Waals surface area contributed by atoms with E-state index in [2.05, 4.69) is 26.0 Å². The van der Waals surface area contributed by atoms with Gasteiger partial charge in [0.15, 0.2) is 0 Å². The second kappa shape index (κ2) is 7.09. The zero-order chi connectivity index (χ0) is 9.40. The van der Waals surface area contributed by atoms with Gasteiger partial charge < -0.3 is 10.1 Å². The van der Waals surface area contributed by atoms with Crippen LogP contribution < -0.4 is 5.32 Å². The zero-order valence-corrected chi connectivity index (χ0v) is 8.52. The third-order valence-electron chi connectivity index (χ3n) is 1.06. The summed E-state index contributed by atoms with van der Waals surface area (Å²) in [5.41, 5.74) is 0. The third-order valence-corrected chi connectivity index (χ3v) is 1.45. The first-order valence-electron chi connectivity index (χ1n) is 3.69. The molecule has 0 bridgehead atoms. The van der Waals surface area contributed by atoms with E-state index < -0.39 is 5.97 Å². The minimum absolute atomic E-state index is 0.0420. The Morgan fingerprint density at radius 2 is 2.17 bits per heavy atom. The standard InChI is InChI=1S/C7H12BrNO3/c1-2-12-7(11)5-9-6(10)3-4-8/h2-5H2,1H3,(H,9,10). The fraction of sp³-hybridized carbons (Fsp3) is 0.714. The average Bonchev–Trinajstić information content (AvgIpc) is 2.02. The lowest BCUT2D eigenvalue weighted by molar-refractivity contribution is -0.143. The topological polar surface area (TPSA) is 55.4 Å². The zero-order valence-electron chi connectivity index (χ0n) is 6.93. The van der Waals surface area contributed by atoms with Crippen molar-refractivity contribution < 1.29 is 14.3 Å². The number of hydrogen-bond donors (Lipinski definition) is 1. The molecule has 0 aliphatic carbocycles. The lowest BCUT2D eigenvalue weighted by Gasteiger charge is -2.02. The summed E-state index contributed by atoms with van der Waals surface area (Å²) in [6, 6.07) is 0. The predicted octanol–water partition coefficient (Wildman–Crippen LogP) is 0.451. The van der Waals surface area contributed by atoms with Gasteiger partial charge in [-0.1, -0.05) is 15.9 Å². The van der Waals surface area contributed by atoms with Crippen LogP contribution in [0.2, 0.25) is 0 Å². The van der Waals surface area contributed by atoms with Crippen molar-refractivity contribution in [2.24, 2.45) is 0 Å². The minimum atomic E-state index is -0.402. The summed E-state index contributed by atoms with van der Waals surface area (Å²) in [4.78, 5) is 21.5. The normalized spacial score (nSPS) is 9.17. The number of carbonyl (C=O) groups is 2. The first-order chi connectivity index (χ1) is 5.70. The Bertz CT molecular complexity index is 143. The maximum Gasteiger partial charge on any atom is 0.325 e. The molecule has 0 rings (SSSR count). The molecule has 0 heterocycles. The van der Waals surface area contributed by atoms with E-state index in [9.17, 15) is 9.59 Å². The highest BCUT2D eigenvalue weighted by molar-refractivity contribution is 9.09. The van der Waals surface area contributed by atoms with Crippen LogP contribution in [0.3, 0.4) is 0 Å². The Hall–Kier alpha value is -0.580. The van der Waals surface area contributed by atoms with Crippen molar-refractivity contribution in [3.63, 3.8) is 0 Å². The first-order valence-corrected chi connectivity index (χ1v) is 4.81. The Kier molecular flexibility index (Phi) is 6.75. The molecule has 0 aliphatic heterocycles. The number of carbonyl (C=O) groups excluding carboxylic acids is 2. The smallest absolute Gasteiger partial charge is 0.325 e. The van der Waals surface area contributed by atoms with Crippen LogP contribution >= 0.6 is 15.9 Å². The number of nitrogens with one attached hydrogen (secondary N) is 1. The quantitative estimate of drug-likeness (QED) is 0.558. The van der Waals surface area contributed by atoms with Crippen LogP contribution in [0, 0.1) is 0 Å². The molecule has 0 aromatic rings. The lowest BCUT2D eigenvalue weighted by atomic mass is 10.4. The van der Waals surface area contributed by atoms with Crippen LogP contribution in [0.4, 0.5) is 0 Å². The molecular formula is C7H12BrNO3. The molecule has 70 valence electrons. The number of hydrogen-bond acceptors (Lipinski definition) is 3. The Labute approximate surface area is 79.8 Å². The van der Waals surface area contributed by atoms with Crippen molar-refractivity contribution in [2.45, 2.75) is 13.3 Å². The lowest BCUT2D eigenvalue weighted by Crippen LogP contribution is -2.30. The van der Waals surface area contributed by atoms with Gasteiger partial charge in [-0.25, -0.2) is 0 Å². The molecule has 0 saturated carbocycles. The summed E-state index contributed by atoms with van der Waals surface area (Å²) in [6.45, 7) is 2.02. The van der Waals surface area contributed by atoms with E-state index in [0.717, 1.165) is 0 Å². The van der Waals surface area contributed by atoms with E-state index in [-0.39, 0.29) is 12.5 Å². The molecule has 4 nitrogen and oxygen atoms in total. The van der Waals surface area contributed by atoms with Crippen molar-refractivity contribution in [1.29, 1.82) is 0 Å². The molecule has 0 aliphatic rings. The molecule has 1 N–H and O–H groups in total. The maximum atomic E-state index is 10.8. The molecule has 0 unspecified atom stereocenters. The number of rotatable bonds is 5. The van der Waals surface area contributed by atoms with Crippen molar-refractivity contribution in [1.82, 2.24) is 5.32 Å². The Balaban J connectivity index is 3.40. The summed E-state index contributed by atoms with van der Waals surface area (Å²) >= 11 is 3.11. The highest BCUT2D eigenvalue weighted by atomic mass is 79.9. The Morgan fingerprint density at radius 3 is 2.67 bits per heavy atom. The van der Waals surface area contributed by atoms with Gasteiger partial charge in [0.1, 0.15) is 6.54 Å². The molecule has 0 aromatic heterocycles. The fourth-order valence-electron chi connectivity index (χ4n) is 0.557. The number of ether oxygens (including phenoxy) is 1. The van der Waals surface area contributed by atoms with Crippen LogP contribution in [0.15, 0.2) is 0 Å². The molecule has 0 radical (unpaired) electrons. The summed E-state index contributed by atoms with van der Waals surface area (Å²) in [5, 5.41) is 3.02. The SMILES string of the molecule is CCOC(=O)CNC(=O)CCBr. The second-order valence-electron chi connectivity index (χ2n) is 2.02. The predicted molar refractivity (Wildman–Crippen MR) is 48.1 cm³/mol. The van der Waals surface area contributed by atoms with E-state index in [1.54, 1.807) is 6.92 Å². The largest absolute Gasteiger partial charge is 0.465 e. The minimum Gasteiger partial charge on any atom is -0.465 e. The molecule has 5 heteroatoms. The van der Waals surface area contributed by atoms with Gasteiger partial charge in [-0.2, -0.15) is 0 Å². The summed E-state index contributed by atoms with van der Waals surface area (Å²) in [7, 11) is 0. The van der Waals surface area contributed by atoms with E-state index in [4.69, 9.17) is 0 Å². The van der Waals surface area contributed by atoms with Gasteiger partial charge in [-0.3, -0.25) is 9.59 Å². The Morgan fingerprint density at radius 1 is 1.50 bits per heavy atom. The third kappa shape index (κ3) is 6.15. The van der Waals surface area contributed by atoms with Crippen molar-refractivity contribution >= 4 is 27.8 Å². The monoisotopic (exact) mass is 237 g/mol. The van der Waals surface area contributed by atoms with E-state index in [1.165, 1.54) is 0 Å². The van der Waals surface area contributed by atoms with Crippen molar-refractivity contribution in [3.05, 3.63) is 0 Å². The number of amides is 1. The maximum absolute atomic E-state index is 10.8. The van der Waals surface area contributed by atoms with E-state index >= 15 is 0 Å². The summed E-state index contributed by atoms with van der Waals surface area (Å²) in [5.74, 6) is -0.555. The van der Waals surface area contributed by atoms with Crippen LogP contribution in [0.5, 0.6) is 0 Å². The van der Waals surface area contributed by atoms with Crippen LogP contribution in [-0.4, -0.2) is 30.4 Å². The van der Waals surface area contributed by atoms with Gasteiger partial charge in [-0.15, -0.1) is 0 Å².